The summed E-state index contributed by atoms with van der Waals surface area (Å²) in [4.78, 5) is 26.6. The molecule has 2 aliphatic heterocycles. The molecule has 1 aromatic carbocycles. The molecule has 154 valence electrons. The summed E-state index contributed by atoms with van der Waals surface area (Å²) in [5.41, 5.74) is 3.01. The Morgan fingerprint density at radius 1 is 1.17 bits per heavy atom. The van der Waals surface area contributed by atoms with Crippen LogP contribution < -0.4 is 4.90 Å². The van der Waals surface area contributed by atoms with Crippen molar-refractivity contribution in [2.24, 2.45) is 0 Å². The van der Waals surface area contributed by atoms with Crippen LogP contribution >= 0.6 is 11.6 Å². The van der Waals surface area contributed by atoms with Crippen molar-refractivity contribution in [3.8, 4) is 0 Å². The van der Waals surface area contributed by atoms with Gasteiger partial charge in [0.25, 0.3) is 0 Å². The number of carboxylic acid groups (broad SMARTS) is 1. The van der Waals surface area contributed by atoms with Crippen molar-refractivity contribution in [2.45, 2.75) is 38.9 Å². The van der Waals surface area contributed by atoms with Gasteiger partial charge in [0.1, 0.15) is 5.82 Å². The molecule has 0 unspecified atom stereocenters. The Hall–Kier alpha value is -2.38. The molecule has 0 saturated carbocycles. The summed E-state index contributed by atoms with van der Waals surface area (Å²) in [6, 6.07) is 10.4. The SMILES string of the molecule is CC1(C)CN(C(=O)O)CCN1c1nc(Cl)nc2c1CCN(Cc1ccccc1)C2. The fraction of sp³-hybridized carbons (Fsp3) is 0.476. The average molecular weight is 416 g/mol. The Morgan fingerprint density at radius 3 is 2.62 bits per heavy atom. The summed E-state index contributed by atoms with van der Waals surface area (Å²) in [5.74, 6) is 0.856. The van der Waals surface area contributed by atoms with E-state index in [1.54, 1.807) is 0 Å². The molecule has 0 bridgehead atoms. The number of piperazine rings is 1. The summed E-state index contributed by atoms with van der Waals surface area (Å²) in [6.45, 7) is 8.11. The first kappa shape index (κ1) is 19.9. The van der Waals surface area contributed by atoms with E-state index in [-0.39, 0.29) is 10.8 Å². The summed E-state index contributed by atoms with van der Waals surface area (Å²) in [6.07, 6.45) is -0.0267. The number of amides is 1. The number of carbonyl (C=O) groups is 1. The minimum atomic E-state index is -0.878. The topological polar surface area (TPSA) is 72.8 Å². The number of nitrogens with zero attached hydrogens (tertiary/aromatic N) is 5. The maximum atomic E-state index is 11.4. The van der Waals surface area contributed by atoms with Crippen LogP contribution in [0.1, 0.15) is 30.7 Å². The Labute approximate surface area is 175 Å². The van der Waals surface area contributed by atoms with Gasteiger partial charge in [-0.2, -0.15) is 0 Å². The normalized spacial score (nSPS) is 19.1. The van der Waals surface area contributed by atoms with Gasteiger partial charge >= 0.3 is 6.09 Å². The molecule has 2 aromatic rings. The van der Waals surface area contributed by atoms with Gasteiger partial charge in [0.05, 0.1) is 11.2 Å². The van der Waals surface area contributed by atoms with Gasteiger partial charge in [-0.3, -0.25) is 4.90 Å². The van der Waals surface area contributed by atoms with E-state index in [1.807, 2.05) is 6.07 Å². The van der Waals surface area contributed by atoms with Crippen LogP contribution in [-0.4, -0.2) is 62.7 Å². The molecule has 1 fully saturated rings. The summed E-state index contributed by atoms with van der Waals surface area (Å²) < 4.78 is 0. The number of anilines is 1. The maximum absolute atomic E-state index is 11.4. The van der Waals surface area contributed by atoms with Gasteiger partial charge in [0.15, 0.2) is 0 Å². The highest BCUT2D eigenvalue weighted by molar-refractivity contribution is 6.28. The highest BCUT2D eigenvalue weighted by atomic mass is 35.5. The Bertz CT molecular complexity index is 905. The third-order valence-electron chi connectivity index (χ3n) is 5.77. The number of halogens is 1. The molecule has 1 saturated heterocycles. The largest absolute Gasteiger partial charge is 0.465 e. The third kappa shape index (κ3) is 4.16. The van der Waals surface area contributed by atoms with Gasteiger partial charge in [0, 0.05) is 44.8 Å². The molecular weight excluding hydrogens is 390 g/mol. The van der Waals surface area contributed by atoms with Gasteiger partial charge in [-0.05, 0) is 37.4 Å². The molecular formula is C21H26ClN5O2. The molecule has 1 amide bonds. The molecule has 29 heavy (non-hydrogen) atoms. The molecule has 8 heteroatoms. The second-order valence-corrected chi connectivity index (χ2v) is 8.69. The molecule has 2 aliphatic rings. The predicted molar refractivity (Wildman–Crippen MR) is 112 cm³/mol. The molecule has 0 atom stereocenters. The van der Waals surface area contributed by atoms with Crippen LogP contribution in [-0.2, 0) is 19.5 Å². The number of benzene rings is 1. The van der Waals surface area contributed by atoms with E-state index < -0.39 is 6.09 Å². The van der Waals surface area contributed by atoms with Crippen LogP contribution in [0.2, 0.25) is 5.28 Å². The number of hydrogen-bond donors (Lipinski definition) is 1. The van der Waals surface area contributed by atoms with Gasteiger partial charge in [0.2, 0.25) is 5.28 Å². The number of aromatic nitrogens is 2. The quantitative estimate of drug-likeness (QED) is 0.775. The van der Waals surface area contributed by atoms with Crippen LogP contribution in [0.15, 0.2) is 30.3 Å². The van der Waals surface area contributed by atoms with Gasteiger partial charge in [-0.15, -0.1) is 0 Å². The second-order valence-electron chi connectivity index (χ2n) is 8.36. The lowest BCUT2D eigenvalue weighted by atomic mass is 9.96. The molecule has 3 heterocycles. The highest BCUT2D eigenvalue weighted by Crippen LogP contribution is 2.34. The van der Waals surface area contributed by atoms with E-state index in [1.165, 1.54) is 10.5 Å². The van der Waals surface area contributed by atoms with Crippen molar-refractivity contribution in [3.05, 3.63) is 52.4 Å². The van der Waals surface area contributed by atoms with Gasteiger partial charge in [-0.25, -0.2) is 14.8 Å². The van der Waals surface area contributed by atoms with Crippen LogP contribution in [0.5, 0.6) is 0 Å². The van der Waals surface area contributed by atoms with E-state index in [0.29, 0.717) is 19.6 Å². The predicted octanol–water partition coefficient (Wildman–Crippen LogP) is 3.27. The number of fused-ring (bicyclic) bond motifs is 1. The third-order valence-corrected chi connectivity index (χ3v) is 5.94. The Balaban J connectivity index is 1.59. The van der Waals surface area contributed by atoms with Crippen molar-refractivity contribution >= 4 is 23.5 Å². The van der Waals surface area contributed by atoms with Crippen molar-refractivity contribution in [3.63, 3.8) is 0 Å². The molecule has 1 N–H and O–H groups in total. The second kappa shape index (κ2) is 7.80. The summed E-state index contributed by atoms with van der Waals surface area (Å²) in [7, 11) is 0. The highest BCUT2D eigenvalue weighted by Gasteiger charge is 2.38. The fourth-order valence-electron chi connectivity index (χ4n) is 4.35. The van der Waals surface area contributed by atoms with Crippen LogP contribution in [0, 0.1) is 0 Å². The van der Waals surface area contributed by atoms with Crippen LogP contribution in [0.4, 0.5) is 10.6 Å². The van der Waals surface area contributed by atoms with Crippen molar-refractivity contribution in [2.75, 3.05) is 31.1 Å². The van der Waals surface area contributed by atoms with Gasteiger partial charge < -0.3 is 14.9 Å². The van der Waals surface area contributed by atoms with Crippen molar-refractivity contribution in [1.82, 2.24) is 19.8 Å². The average Bonchev–Trinajstić information content (AvgIpc) is 2.67. The zero-order valence-corrected chi connectivity index (χ0v) is 17.6. The molecule has 4 rings (SSSR count). The smallest absolute Gasteiger partial charge is 0.407 e. The monoisotopic (exact) mass is 415 g/mol. The zero-order valence-electron chi connectivity index (χ0n) is 16.8. The maximum Gasteiger partial charge on any atom is 0.407 e. The molecule has 7 nitrogen and oxygen atoms in total. The molecule has 0 aliphatic carbocycles. The van der Waals surface area contributed by atoms with E-state index in [4.69, 9.17) is 11.6 Å². The molecule has 1 aromatic heterocycles. The van der Waals surface area contributed by atoms with Gasteiger partial charge in [-0.1, -0.05) is 30.3 Å². The molecule has 0 spiro atoms. The minimum absolute atomic E-state index is 0.247. The Morgan fingerprint density at radius 2 is 1.93 bits per heavy atom. The van der Waals surface area contributed by atoms with E-state index in [2.05, 4.69) is 57.9 Å². The van der Waals surface area contributed by atoms with Crippen molar-refractivity contribution < 1.29 is 9.90 Å². The minimum Gasteiger partial charge on any atom is -0.465 e. The first-order valence-corrected chi connectivity index (χ1v) is 10.3. The number of hydrogen-bond acceptors (Lipinski definition) is 5. The molecule has 0 radical (unpaired) electrons. The number of rotatable bonds is 3. The summed E-state index contributed by atoms with van der Waals surface area (Å²) >= 11 is 6.31. The van der Waals surface area contributed by atoms with E-state index in [9.17, 15) is 9.90 Å². The lowest BCUT2D eigenvalue weighted by Crippen LogP contribution is -2.61. The van der Waals surface area contributed by atoms with Crippen molar-refractivity contribution in [1.29, 1.82) is 0 Å². The van der Waals surface area contributed by atoms with E-state index >= 15 is 0 Å². The lowest BCUT2D eigenvalue weighted by Gasteiger charge is -2.48. The summed E-state index contributed by atoms with van der Waals surface area (Å²) in [5, 5.41) is 9.62. The fourth-order valence-corrected chi connectivity index (χ4v) is 4.53. The van der Waals surface area contributed by atoms with Crippen LogP contribution in [0.3, 0.4) is 0 Å². The Kier molecular flexibility index (Phi) is 5.36. The first-order valence-electron chi connectivity index (χ1n) is 9.90. The zero-order chi connectivity index (χ0) is 20.6. The van der Waals surface area contributed by atoms with E-state index in [0.717, 1.165) is 43.1 Å². The standard InChI is InChI=1S/C21H26ClN5O2/c1-21(2)14-26(20(28)29)10-11-27(21)18-16-8-9-25(12-15-6-4-3-5-7-15)13-17(16)23-19(22)24-18/h3-7H,8-14H2,1-2H3,(H,28,29). The lowest BCUT2D eigenvalue weighted by molar-refractivity contribution is 0.123. The first-order chi connectivity index (χ1) is 13.8. The van der Waals surface area contributed by atoms with Crippen LogP contribution in [0.25, 0.3) is 0 Å².